The molecule has 5 heteroatoms. The van der Waals surface area contributed by atoms with Crippen molar-refractivity contribution in [3.05, 3.63) is 34.0 Å². The van der Waals surface area contributed by atoms with Crippen molar-refractivity contribution in [2.24, 2.45) is 0 Å². The number of carbonyl (C=O) groups is 2. The van der Waals surface area contributed by atoms with Crippen molar-refractivity contribution in [1.29, 1.82) is 0 Å². The van der Waals surface area contributed by atoms with E-state index in [0.29, 0.717) is 11.4 Å². The van der Waals surface area contributed by atoms with E-state index >= 15 is 0 Å². The molecule has 120 valence electrons. The van der Waals surface area contributed by atoms with Crippen LogP contribution in [0.5, 0.6) is 0 Å². The Bertz CT molecular complexity index is 525. The highest BCUT2D eigenvalue weighted by atomic mass is 32.1. The summed E-state index contributed by atoms with van der Waals surface area (Å²) in [5, 5.41) is 2.62. The number of amides is 1. The van der Waals surface area contributed by atoms with E-state index < -0.39 is 12.1 Å². The summed E-state index contributed by atoms with van der Waals surface area (Å²) >= 11 is 1.52. The van der Waals surface area contributed by atoms with Gasteiger partial charge in [0, 0.05) is 11.4 Å². The second kappa shape index (κ2) is 8.13. The highest BCUT2D eigenvalue weighted by Crippen LogP contribution is 2.29. The van der Waals surface area contributed by atoms with Gasteiger partial charge in [-0.1, -0.05) is 18.9 Å². The van der Waals surface area contributed by atoms with Crippen molar-refractivity contribution >= 4 is 23.2 Å². The number of hydrogen-bond donors (Lipinski definition) is 1. The number of esters is 1. The lowest BCUT2D eigenvalue weighted by Crippen LogP contribution is -2.35. The van der Waals surface area contributed by atoms with Crippen LogP contribution in [0, 0.1) is 0 Å². The third-order valence-corrected chi connectivity index (χ3v) is 4.99. The van der Waals surface area contributed by atoms with Crippen molar-refractivity contribution in [3.63, 3.8) is 0 Å². The van der Waals surface area contributed by atoms with Crippen molar-refractivity contribution in [2.75, 3.05) is 6.54 Å². The van der Waals surface area contributed by atoms with E-state index in [-0.39, 0.29) is 5.91 Å². The number of hydrogen-bond acceptors (Lipinski definition) is 4. The van der Waals surface area contributed by atoms with Gasteiger partial charge in [-0.3, -0.25) is 4.79 Å². The molecule has 1 heterocycles. The molecule has 0 aliphatic heterocycles. The van der Waals surface area contributed by atoms with Crippen molar-refractivity contribution in [3.8, 4) is 0 Å². The highest BCUT2D eigenvalue weighted by molar-refractivity contribution is 7.14. The summed E-state index contributed by atoms with van der Waals surface area (Å²) in [7, 11) is 0. The van der Waals surface area contributed by atoms with Gasteiger partial charge in [0.25, 0.3) is 5.91 Å². The predicted octanol–water partition coefficient (Wildman–Crippen LogP) is 3.25. The Morgan fingerprint density at radius 1 is 1.36 bits per heavy atom. The molecule has 1 amide bonds. The van der Waals surface area contributed by atoms with Gasteiger partial charge in [-0.25, -0.2) is 4.79 Å². The zero-order chi connectivity index (χ0) is 15.9. The molecule has 0 bridgehead atoms. The molecule has 1 N–H and O–H groups in total. The van der Waals surface area contributed by atoms with Gasteiger partial charge in [0.05, 0.1) is 0 Å². The van der Waals surface area contributed by atoms with Crippen molar-refractivity contribution in [2.45, 2.75) is 51.6 Å². The van der Waals surface area contributed by atoms with E-state index in [1.54, 1.807) is 13.0 Å². The van der Waals surface area contributed by atoms with Gasteiger partial charge in [-0.2, -0.15) is 0 Å². The van der Waals surface area contributed by atoms with Gasteiger partial charge >= 0.3 is 5.97 Å². The summed E-state index contributed by atoms with van der Waals surface area (Å²) in [6.45, 7) is 5.48. The Morgan fingerprint density at radius 3 is 2.82 bits per heavy atom. The van der Waals surface area contributed by atoms with Gasteiger partial charge in [0.1, 0.15) is 4.88 Å². The summed E-state index contributed by atoms with van der Waals surface area (Å²) in [6, 6.07) is 1.95. The molecule has 0 unspecified atom stereocenters. The second-order valence-corrected chi connectivity index (χ2v) is 6.69. The Hall–Kier alpha value is -1.62. The fourth-order valence-electron chi connectivity index (χ4n) is 2.53. The largest absolute Gasteiger partial charge is 0.448 e. The maximum atomic E-state index is 12.2. The topological polar surface area (TPSA) is 55.4 Å². The smallest absolute Gasteiger partial charge is 0.349 e. The van der Waals surface area contributed by atoms with Crippen LogP contribution in [0.15, 0.2) is 18.7 Å². The van der Waals surface area contributed by atoms with E-state index in [4.69, 9.17) is 4.74 Å². The molecule has 1 aliphatic rings. The molecule has 4 nitrogen and oxygen atoms in total. The van der Waals surface area contributed by atoms with E-state index in [0.717, 1.165) is 12.8 Å². The number of nitrogens with one attached hydrogen (secondary N) is 1. The molecule has 1 aromatic heterocycles. The van der Waals surface area contributed by atoms with Gasteiger partial charge in [0.15, 0.2) is 6.10 Å². The first-order chi connectivity index (χ1) is 10.6. The lowest BCUT2D eigenvalue weighted by atomic mass is 10.00. The molecule has 1 aliphatic carbocycles. The molecule has 2 rings (SSSR count). The molecule has 0 fully saturated rings. The Labute approximate surface area is 135 Å². The highest BCUT2D eigenvalue weighted by Gasteiger charge is 2.21. The monoisotopic (exact) mass is 321 g/mol. The van der Waals surface area contributed by atoms with Gasteiger partial charge in [-0.05, 0) is 44.2 Å². The summed E-state index contributed by atoms with van der Waals surface area (Å²) in [5.41, 5.74) is 1.28. The van der Waals surface area contributed by atoms with Crippen LogP contribution < -0.4 is 5.32 Å². The molecular formula is C17H23NO3S. The minimum Gasteiger partial charge on any atom is -0.448 e. The maximum absolute atomic E-state index is 12.2. The first-order valence-corrected chi connectivity index (χ1v) is 8.64. The van der Waals surface area contributed by atoms with Crippen LogP contribution in [-0.4, -0.2) is 24.5 Å². The number of carbonyl (C=O) groups excluding carboxylic acids is 2. The summed E-state index contributed by atoms with van der Waals surface area (Å²) in [5.74, 6) is -0.707. The SMILES string of the molecule is C=CCNC(=O)[C@@H](C)OC(=O)c1cc2c(s1)CCCCCC2. The normalized spacial score (nSPS) is 15.9. The van der Waals surface area contributed by atoms with E-state index in [1.807, 2.05) is 6.07 Å². The Kier molecular flexibility index (Phi) is 6.19. The minimum absolute atomic E-state index is 0.303. The Balaban J connectivity index is 1.99. The number of thiophene rings is 1. The van der Waals surface area contributed by atoms with E-state index in [1.165, 1.54) is 47.5 Å². The number of rotatable bonds is 5. The van der Waals surface area contributed by atoms with Gasteiger partial charge < -0.3 is 10.1 Å². The summed E-state index contributed by atoms with van der Waals surface area (Å²) in [4.78, 5) is 25.8. The van der Waals surface area contributed by atoms with Gasteiger partial charge in [0.2, 0.25) is 0 Å². The third kappa shape index (κ3) is 4.44. The summed E-state index contributed by atoms with van der Waals surface area (Å²) < 4.78 is 5.26. The molecule has 0 radical (unpaired) electrons. The van der Waals surface area contributed by atoms with Crippen LogP contribution in [0.4, 0.5) is 0 Å². The van der Waals surface area contributed by atoms with E-state index in [2.05, 4.69) is 11.9 Å². The molecule has 0 saturated heterocycles. The zero-order valence-corrected chi connectivity index (χ0v) is 13.8. The Morgan fingerprint density at radius 2 is 2.09 bits per heavy atom. The average molecular weight is 321 g/mol. The molecule has 0 spiro atoms. The zero-order valence-electron chi connectivity index (χ0n) is 13.0. The molecule has 22 heavy (non-hydrogen) atoms. The number of ether oxygens (including phenoxy) is 1. The summed E-state index contributed by atoms with van der Waals surface area (Å²) in [6.07, 6.45) is 7.76. The number of fused-ring (bicyclic) bond motifs is 1. The van der Waals surface area contributed by atoms with Crippen molar-refractivity contribution < 1.29 is 14.3 Å². The molecular weight excluding hydrogens is 298 g/mol. The van der Waals surface area contributed by atoms with Gasteiger partial charge in [-0.15, -0.1) is 17.9 Å². The van der Waals surface area contributed by atoms with Crippen LogP contribution in [0.25, 0.3) is 0 Å². The van der Waals surface area contributed by atoms with Crippen LogP contribution in [0.3, 0.4) is 0 Å². The first-order valence-electron chi connectivity index (χ1n) is 7.83. The lowest BCUT2D eigenvalue weighted by molar-refractivity contribution is -0.128. The third-order valence-electron chi connectivity index (χ3n) is 3.77. The maximum Gasteiger partial charge on any atom is 0.349 e. The molecule has 0 aromatic carbocycles. The first kappa shape index (κ1) is 16.7. The van der Waals surface area contributed by atoms with Crippen LogP contribution in [0.1, 0.15) is 52.7 Å². The lowest BCUT2D eigenvalue weighted by Gasteiger charge is -2.11. The van der Waals surface area contributed by atoms with Crippen LogP contribution in [0.2, 0.25) is 0 Å². The standard InChI is InChI=1S/C17H23NO3S/c1-3-10-18-16(19)12(2)21-17(20)15-11-13-8-6-4-5-7-9-14(13)22-15/h3,11-12H,1,4-10H2,2H3,(H,18,19)/t12-/m1/s1. The fraction of sp³-hybridized carbons (Fsp3) is 0.529. The van der Waals surface area contributed by atoms with Crippen LogP contribution >= 0.6 is 11.3 Å². The quantitative estimate of drug-likeness (QED) is 0.669. The number of aryl methyl sites for hydroxylation is 2. The molecule has 1 atom stereocenters. The molecule has 1 aromatic rings. The molecule has 0 saturated carbocycles. The second-order valence-electron chi connectivity index (χ2n) is 5.55. The fourth-order valence-corrected chi connectivity index (χ4v) is 3.67. The predicted molar refractivity (Wildman–Crippen MR) is 88.3 cm³/mol. The average Bonchev–Trinajstić information content (AvgIpc) is 2.87. The van der Waals surface area contributed by atoms with E-state index in [9.17, 15) is 9.59 Å². The minimum atomic E-state index is -0.794. The van der Waals surface area contributed by atoms with Crippen LogP contribution in [-0.2, 0) is 22.4 Å². The van der Waals surface area contributed by atoms with Crippen molar-refractivity contribution in [1.82, 2.24) is 5.32 Å².